The first-order chi connectivity index (χ1) is 6.75. The van der Waals surface area contributed by atoms with Gasteiger partial charge in [0, 0.05) is 27.1 Å². The summed E-state index contributed by atoms with van der Waals surface area (Å²) in [6, 6.07) is 6.54. The van der Waals surface area contributed by atoms with E-state index >= 15 is 0 Å². The molecule has 3 N–H and O–H groups in total. The van der Waals surface area contributed by atoms with Crippen molar-refractivity contribution < 1.29 is 0 Å². The van der Waals surface area contributed by atoms with Gasteiger partial charge in [-0.1, -0.05) is 22.0 Å². The highest BCUT2D eigenvalue weighted by Crippen LogP contribution is 2.36. The molecule has 1 aromatic carbocycles. The molecule has 0 saturated heterocycles. The molecule has 0 spiro atoms. The normalized spacial score (nSPS) is 20.3. The topological polar surface area (TPSA) is 41.8 Å². The number of nitrogens with two attached hydrogens (primary N) is 1. The zero-order chi connectivity index (χ0) is 9.71. The van der Waals surface area contributed by atoms with Gasteiger partial charge in [-0.15, -0.1) is 0 Å². The highest BCUT2D eigenvalue weighted by molar-refractivity contribution is 9.10. The van der Waals surface area contributed by atoms with E-state index in [9.17, 15) is 0 Å². The summed E-state index contributed by atoms with van der Waals surface area (Å²) >= 11 is 3.47. The van der Waals surface area contributed by atoms with Gasteiger partial charge in [-0.3, -0.25) is 0 Å². The average Bonchev–Trinajstić information content (AvgIpc) is 2.66. The molecule has 1 aromatic heterocycles. The molecule has 1 heterocycles. The predicted octanol–water partition coefficient (Wildman–Crippen LogP) is 2.88. The smallest absolute Gasteiger partial charge is 0.0470 e. The van der Waals surface area contributed by atoms with Crippen molar-refractivity contribution in [2.45, 2.75) is 18.9 Å². The first kappa shape index (κ1) is 8.50. The summed E-state index contributed by atoms with van der Waals surface area (Å²) in [6.45, 7) is 0. The number of hydrogen-bond donors (Lipinski definition) is 2. The number of H-pyrrole nitrogens is 1. The summed E-state index contributed by atoms with van der Waals surface area (Å²) in [6.07, 6.45) is 2.16. The van der Waals surface area contributed by atoms with Crippen LogP contribution in [0.25, 0.3) is 10.9 Å². The molecule has 2 aromatic rings. The third kappa shape index (κ3) is 1.06. The van der Waals surface area contributed by atoms with Crippen molar-refractivity contribution in [3.05, 3.63) is 33.9 Å². The summed E-state index contributed by atoms with van der Waals surface area (Å²) < 4.78 is 1.11. The van der Waals surface area contributed by atoms with E-state index in [4.69, 9.17) is 5.73 Å². The molecule has 72 valence electrons. The lowest BCUT2D eigenvalue weighted by Crippen LogP contribution is -2.04. The highest BCUT2D eigenvalue weighted by atomic mass is 79.9. The Morgan fingerprint density at radius 3 is 3.14 bits per heavy atom. The van der Waals surface area contributed by atoms with Crippen LogP contribution in [0.5, 0.6) is 0 Å². The number of aryl methyl sites for hydroxylation is 1. The minimum Gasteiger partial charge on any atom is -0.358 e. The van der Waals surface area contributed by atoms with Crippen molar-refractivity contribution in [2.75, 3.05) is 0 Å². The van der Waals surface area contributed by atoms with Crippen molar-refractivity contribution in [1.29, 1.82) is 0 Å². The van der Waals surface area contributed by atoms with E-state index in [2.05, 4.69) is 39.1 Å². The number of rotatable bonds is 0. The van der Waals surface area contributed by atoms with Crippen LogP contribution in [0.2, 0.25) is 0 Å². The summed E-state index contributed by atoms with van der Waals surface area (Å²) in [5, 5.41) is 1.29. The molecule has 1 unspecified atom stereocenters. The van der Waals surface area contributed by atoms with E-state index in [1.807, 2.05) is 0 Å². The molecule has 0 fully saturated rings. The maximum Gasteiger partial charge on any atom is 0.0470 e. The van der Waals surface area contributed by atoms with Crippen LogP contribution in [-0.4, -0.2) is 4.98 Å². The Hall–Kier alpha value is -0.800. The predicted molar refractivity (Wildman–Crippen MR) is 61.2 cm³/mol. The van der Waals surface area contributed by atoms with E-state index in [1.165, 1.54) is 22.2 Å². The van der Waals surface area contributed by atoms with Crippen molar-refractivity contribution in [3.63, 3.8) is 0 Å². The molecular formula is C11H11BrN2. The molecule has 0 radical (unpaired) electrons. The standard InChI is InChI=1S/C11H11BrN2/c12-6-1-2-7-10(5-6)14-9-4-3-8(13)11(7)9/h1-2,5,8,14H,3-4,13H2. The van der Waals surface area contributed by atoms with Gasteiger partial charge in [0.15, 0.2) is 0 Å². The number of aromatic amines is 1. The van der Waals surface area contributed by atoms with Gasteiger partial charge in [0.1, 0.15) is 0 Å². The summed E-state index contributed by atoms with van der Waals surface area (Å²) in [7, 11) is 0. The average molecular weight is 251 g/mol. The number of nitrogens with one attached hydrogen (secondary N) is 1. The van der Waals surface area contributed by atoms with Gasteiger partial charge in [0.25, 0.3) is 0 Å². The van der Waals surface area contributed by atoms with Crippen LogP contribution >= 0.6 is 15.9 Å². The highest BCUT2D eigenvalue weighted by Gasteiger charge is 2.23. The van der Waals surface area contributed by atoms with Gasteiger partial charge in [-0.05, 0) is 30.5 Å². The molecule has 3 heteroatoms. The molecule has 0 saturated carbocycles. The van der Waals surface area contributed by atoms with Crippen LogP contribution < -0.4 is 5.73 Å². The van der Waals surface area contributed by atoms with E-state index < -0.39 is 0 Å². The van der Waals surface area contributed by atoms with Crippen molar-refractivity contribution in [1.82, 2.24) is 4.98 Å². The van der Waals surface area contributed by atoms with Crippen molar-refractivity contribution in [2.24, 2.45) is 5.73 Å². The fraction of sp³-hybridized carbons (Fsp3) is 0.273. The van der Waals surface area contributed by atoms with Crippen molar-refractivity contribution in [3.8, 4) is 0 Å². The molecule has 0 aliphatic heterocycles. The number of halogens is 1. The number of aromatic nitrogens is 1. The molecule has 1 aliphatic carbocycles. The Kier molecular flexibility index (Phi) is 1.73. The first-order valence-electron chi connectivity index (χ1n) is 4.81. The van der Waals surface area contributed by atoms with Crippen LogP contribution in [0.15, 0.2) is 22.7 Å². The number of benzene rings is 1. The maximum absolute atomic E-state index is 6.06. The second-order valence-electron chi connectivity index (χ2n) is 3.85. The summed E-state index contributed by atoms with van der Waals surface area (Å²) in [5.41, 5.74) is 9.91. The lowest BCUT2D eigenvalue weighted by Gasteiger charge is -2.02. The van der Waals surface area contributed by atoms with Crippen LogP contribution in [0.3, 0.4) is 0 Å². The molecule has 1 aliphatic rings. The molecule has 2 nitrogen and oxygen atoms in total. The minimum atomic E-state index is 0.222. The Bertz CT molecular complexity index is 501. The monoisotopic (exact) mass is 250 g/mol. The van der Waals surface area contributed by atoms with E-state index in [0.29, 0.717) is 0 Å². The molecule has 1 atom stereocenters. The molecule has 0 bridgehead atoms. The quantitative estimate of drug-likeness (QED) is 0.742. The lowest BCUT2D eigenvalue weighted by molar-refractivity contribution is 0.714. The number of fused-ring (bicyclic) bond motifs is 3. The fourth-order valence-electron chi connectivity index (χ4n) is 2.31. The summed E-state index contributed by atoms with van der Waals surface area (Å²) in [4.78, 5) is 3.44. The van der Waals surface area contributed by atoms with Crippen LogP contribution in [0.4, 0.5) is 0 Å². The van der Waals surface area contributed by atoms with Crippen LogP contribution in [0, 0.1) is 0 Å². The third-order valence-electron chi connectivity index (χ3n) is 2.96. The zero-order valence-electron chi connectivity index (χ0n) is 7.68. The van der Waals surface area contributed by atoms with E-state index in [0.717, 1.165) is 17.3 Å². The minimum absolute atomic E-state index is 0.222. The Morgan fingerprint density at radius 2 is 2.29 bits per heavy atom. The molecule has 3 rings (SSSR count). The maximum atomic E-state index is 6.06. The van der Waals surface area contributed by atoms with E-state index in [-0.39, 0.29) is 6.04 Å². The molecule has 0 amide bonds. The molecular weight excluding hydrogens is 240 g/mol. The van der Waals surface area contributed by atoms with Gasteiger partial charge >= 0.3 is 0 Å². The van der Waals surface area contributed by atoms with Crippen LogP contribution in [-0.2, 0) is 6.42 Å². The first-order valence-corrected chi connectivity index (χ1v) is 5.60. The van der Waals surface area contributed by atoms with Gasteiger partial charge in [0.05, 0.1) is 0 Å². The molecule has 14 heavy (non-hydrogen) atoms. The van der Waals surface area contributed by atoms with Gasteiger partial charge in [-0.2, -0.15) is 0 Å². The largest absolute Gasteiger partial charge is 0.358 e. The van der Waals surface area contributed by atoms with E-state index in [1.54, 1.807) is 0 Å². The lowest BCUT2D eigenvalue weighted by atomic mass is 10.1. The zero-order valence-corrected chi connectivity index (χ0v) is 9.26. The van der Waals surface area contributed by atoms with Gasteiger partial charge in [-0.25, -0.2) is 0 Å². The van der Waals surface area contributed by atoms with Gasteiger partial charge in [0.2, 0.25) is 0 Å². The second-order valence-corrected chi connectivity index (χ2v) is 4.77. The Morgan fingerprint density at radius 1 is 1.43 bits per heavy atom. The van der Waals surface area contributed by atoms with Gasteiger partial charge < -0.3 is 10.7 Å². The van der Waals surface area contributed by atoms with Crippen LogP contribution in [0.1, 0.15) is 23.7 Å². The van der Waals surface area contributed by atoms with Crippen molar-refractivity contribution >= 4 is 26.8 Å². The second kappa shape index (κ2) is 2.84. The Labute approximate surface area is 90.6 Å². The third-order valence-corrected chi connectivity index (χ3v) is 3.45. The summed E-state index contributed by atoms with van der Waals surface area (Å²) in [5.74, 6) is 0. The SMILES string of the molecule is NC1CCc2[nH]c3cc(Br)ccc3c21. The Balaban J connectivity index is 2.36. The number of hydrogen-bond acceptors (Lipinski definition) is 1. The fourth-order valence-corrected chi connectivity index (χ4v) is 2.67.